The van der Waals surface area contributed by atoms with Crippen LogP contribution in [-0.2, 0) is 0 Å². The number of nitrogens with one attached hydrogen (secondary N) is 1. The molecule has 0 aromatic heterocycles. The van der Waals surface area contributed by atoms with Crippen molar-refractivity contribution in [1.29, 1.82) is 5.26 Å². The molecule has 4 heteroatoms. The molecule has 1 N–H and O–H groups in total. The van der Waals surface area contributed by atoms with Crippen LogP contribution in [0.5, 0.6) is 0 Å². The molecule has 0 fully saturated rings. The lowest BCUT2D eigenvalue weighted by Crippen LogP contribution is -2.14. The molecule has 0 amide bonds. The number of rotatable bonds is 4. The highest BCUT2D eigenvalue weighted by Gasteiger charge is 2.15. The molecular weight excluding hydrogens is 332 g/mol. The maximum absolute atomic E-state index is 8.89. The molecule has 0 spiro atoms. The SMILES string of the molecule is CC(C)(C#N)CCNc1ccc(Br)cc1Br. The van der Waals surface area contributed by atoms with Crippen LogP contribution >= 0.6 is 31.9 Å². The maximum Gasteiger partial charge on any atom is 0.0684 e. The zero-order valence-corrected chi connectivity index (χ0v) is 12.5. The first kappa shape index (κ1) is 13.5. The lowest BCUT2D eigenvalue weighted by molar-refractivity contribution is 0.466. The van der Waals surface area contributed by atoms with Gasteiger partial charge in [-0.05, 0) is 54.4 Å². The molecule has 0 saturated carbocycles. The molecule has 0 saturated heterocycles. The van der Waals surface area contributed by atoms with E-state index in [4.69, 9.17) is 5.26 Å². The summed E-state index contributed by atoms with van der Waals surface area (Å²) >= 11 is 6.89. The minimum absolute atomic E-state index is 0.269. The Morgan fingerprint density at radius 1 is 1.38 bits per heavy atom. The molecule has 0 radical (unpaired) electrons. The minimum Gasteiger partial charge on any atom is -0.384 e. The summed E-state index contributed by atoms with van der Waals surface area (Å²) in [6.45, 7) is 4.69. The van der Waals surface area contributed by atoms with Crippen LogP contribution in [0.15, 0.2) is 27.1 Å². The van der Waals surface area contributed by atoms with Gasteiger partial charge >= 0.3 is 0 Å². The predicted octanol–water partition coefficient (Wildman–Crippen LogP) is 4.56. The molecular formula is C12H14Br2N2. The Bertz CT molecular complexity index is 408. The molecule has 86 valence electrons. The van der Waals surface area contributed by atoms with Crippen LogP contribution in [0, 0.1) is 16.7 Å². The van der Waals surface area contributed by atoms with Gasteiger partial charge in [-0.25, -0.2) is 0 Å². The Labute approximate surface area is 113 Å². The molecule has 0 atom stereocenters. The van der Waals surface area contributed by atoms with E-state index in [9.17, 15) is 0 Å². The van der Waals surface area contributed by atoms with Crippen LogP contribution in [0.25, 0.3) is 0 Å². The van der Waals surface area contributed by atoms with Gasteiger partial charge in [-0.15, -0.1) is 0 Å². The van der Waals surface area contributed by atoms with Crippen LogP contribution in [0.4, 0.5) is 5.69 Å². The highest BCUT2D eigenvalue weighted by Crippen LogP contribution is 2.27. The van der Waals surface area contributed by atoms with E-state index < -0.39 is 0 Å². The first-order valence-corrected chi connectivity index (χ1v) is 6.63. The Morgan fingerprint density at radius 3 is 2.62 bits per heavy atom. The van der Waals surface area contributed by atoms with Gasteiger partial charge in [0.05, 0.1) is 11.5 Å². The minimum atomic E-state index is -0.269. The van der Waals surface area contributed by atoms with Gasteiger partial charge in [0.15, 0.2) is 0 Å². The predicted molar refractivity (Wildman–Crippen MR) is 74.3 cm³/mol. The van der Waals surface area contributed by atoms with Crippen molar-refractivity contribution in [3.63, 3.8) is 0 Å². The highest BCUT2D eigenvalue weighted by atomic mass is 79.9. The second-order valence-corrected chi connectivity index (χ2v) is 6.07. The fourth-order valence-electron chi connectivity index (χ4n) is 1.20. The molecule has 0 unspecified atom stereocenters. The summed E-state index contributed by atoms with van der Waals surface area (Å²) in [5, 5.41) is 12.2. The number of hydrogen-bond donors (Lipinski definition) is 1. The van der Waals surface area contributed by atoms with Crippen molar-refractivity contribution in [1.82, 2.24) is 0 Å². The van der Waals surface area contributed by atoms with E-state index in [1.165, 1.54) is 0 Å². The topological polar surface area (TPSA) is 35.8 Å². The van der Waals surface area contributed by atoms with E-state index in [2.05, 4.69) is 43.2 Å². The number of nitrogens with zero attached hydrogens (tertiary/aromatic N) is 1. The summed E-state index contributed by atoms with van der Waals surface area (Å²) in [5.41, 5.74) is 0.784. The third-order valence-corrected chi connectivity index (χ3v) is 3.45. The Balaban J connectivity index is 2.53. The molecule has 0 aliphatic heterocycles. The van der Waals surface area contributed by atoms with Crippen molar-refractivity contribution in [2.45, 2.75) is 20.3 Å². The second-order valence-electron chi connectivity index (χ2n) is 4.30. The van der Waals surface area contributed by atoms with E-state index in [0.717, 1.165) is 27.6 Å². The van der Waals surface area contributed by atoms with E-state index >= 15 is 0 Å². The first-order chi connectivity index (χ1) is 7.44. The Kier molecular flexibility index (Phi) is 4.82. The smallest absolute Gasteiger partial charge is 0.0684 e. The third-order valence-electron chi connectivity index (χ3n) is 2.30. The van der Waals surface area contributed by atoms with Gasteiger partial charge in [0.25, 0.3) is 0 Å². The maximum atomic E-state index is 8.89. The van der Waals surface area contributed by atoms with Crippen LogP contribution < -0.4 is 5.32 Å². The Morgan fingerprint density at radius 2 is 2.06 bits per heavy atom. The molecule has 1 aromatic carbocycles. The number of benzene rings is 1. The molecule has 0 aliphatic rings. The van der Waals surface area contributed by atoms with Gasteiger partial charge < -0.3 is 5.32 Å². The molecule has 0 bridgehead atoms. The molecule has 16 heavy (non-hydrogen) atoms. The largest absolute Gasteiger partial charge is 0.384 e. The van der Waals surface area contributed by atoms with Crippen LogP contribution in [0.1, 0.15) is 20.3 Å². The summed E-state index contributed by atoms with van der Waals surface area (Å²) in [4.78, 5) is 0. The lowest BCUT2D eigenvalue weighted by Gasteiger charge is -2.16. The number of halogens is 2. The summed E-state index contributed by atoms with van der Waals surface area (Å²) in [7, 11) is 0. The number of anilines is 1. The second kappa shape index (κ2) is 5.70. The normalized spacial score (nSPS) is 10.9. The number of nitriles is 1. The van der Waals surface area contributed by atoms with Crippen molar-refractivity contribution in [3.05, 3.63) is 27.1 Å². The lowest BCUT2D eigenvalue weighted by atomic mass is 9.91. The zero-order chi connectivity index (χ0) is 12.2. The molecule has 1 rings (SSSR count). The Hall–Kier alpha value is -0.530. The monoisotopic (exact) mass is 344 g/mol. The van der Waals surface area contributed by atoms with Gasteiger partial charge in [0.1, 0.15) is 0 Å². The summed E-state index contributed by atoms with van der Waals surface area (Å²) in [6, 6.07) is 8.29. The fraction of sp³-hybridized carbons (Fsp3) is 0.417. The van der Waals surface area contributed by atoms with E-state index in [-0.39, 0.29) is 5.41 Å². The van der Waals surface area contributed by atoms with Gasteiger partial charge in [0.2, 0.25) is 0 Å². The zero-order valence-electron chi connectivity index (χ0n) is 9.35. The van der Waals surface area contributed by atoms with Crippen molar-refractivity contribution in [2.75, 3.05) is 11.9 Å². The van der Waals surface area contributed by atoms with Crippen molar-refractivity contribution >= 4 is 37.5 Å². The standard InChI is InChI=1S/C12H14Br2N2/c1-12(2,8-15)5-6-16-11-4-3-9(13)7-10(11)14/h3-4,7,16H,5-6H2,1-2H3. The van der Waals surface area contributed by atoms with Crippen molar-refractivity contribution in [2.24, 2.45) is 5.41 Å². The highest BCUT2D eigenvalue weighted by molar-refractivity contribution is 9.11. The van der Waals surface area contributed by atoms with Crippen LogP contribution in [0.3, 0.4) is 0 Å². The number of hydrogen-bond acceptors (Lipinski definition) is 2. The van der Waals surface area contributed by atoms with Gasteiger partial charge in [-0.1, -0.05) is 15.9 Å². The fourth-order valence-corrected chi connectivity index (χ4v) is 2.39. The average Bonchev–Trinajstić information content (AvgIpc) is 2.21. The molecule has 1 aromatic rings. The average molecular weight is 346 g/mol. The van der Waals surface area contributed by atoms with Crippen molar-refractivity contribution < 1.29 is 0 Å². The van der Waals surface area contributed by atoms with Crippen molar-refractivity contribution in [3.8, 4) is 6.07 Å². The van der Waals surface area contributed by atoms with E-state index in [0.29, 0.717) is 0 Å². The van der Waals surface area contributed by atoms with E-state index in [1.54, 1.807) is 0 Å². The van der Waals surface area contributed by atoms with Gasteiger partial charge in [0, 0.05) is 21.2 Å². The quantitative estimate of drug-likeness (QED) is 0.867. The summed E-state index contributed by atoms with van der Waals surface area (Å²) < 4.78 is 2.07. The molecule has 2 nitrogen and oxygen atoms in total. The van der Waals surface area contributed by atoms with Crippen LogP contribution in [-0.4, -0.2) is 6.54 Å². The van der Waals surface area contributed by atoms with Gasteiger partial charge in [-0.2, -0.15) is 5.26 Å². The van der Waals surface area contributed by atoms with Crippen LogP contribution in [0.2, 0.25) is 0 Å². The third kappa shape index (κ3) is 4.15. The summed E-state index contributed by atoms with van der Waals surface area (Å²) in [6.07, 6.45) is 0.825. The summed E-state index contributed by atoms with van der Waals surface area (Å²) in [5.74, 6) is 0. The molecule has 0 aliphatic carbocycles. The van der Waals surface area contributed by atoms with Gasteiger partial charge in [-0.3, -0.25) is 0 Å². The molecule has 0 heterocycles. The van der Waals surface area contributed by atoms with E-state index in [1.807, 2.05) is 32.0 Å². The first-order valence-electron chi connectivity index (χ1n) is 5.05.